The van der Waals surface area contributed by atoms with Gasteiger partial charge in [-0.1, -0.05) is 42.0 Å². The summed E-state index contributed by atoms with van der Waals surface area (Å²) in [6.07, 6.45) is 9.01. The molecule has 1 amide bonds. The molecule has 1 aromatic rings. The van der Waals surface area contributed by atoms with E-state index >= 15 is 0 Å². The molecule has 0 saturated heterocycles. The second-order valence-corrected chi connectivity index (χ2v) is 8.10. The minimum absolute atomic E-state index is 0.406. The van der Waals surface area contributed by atoms with Crippen molar-refractivity contribution in [1.82, 2.24) is 10.0 Å². The Kier molecular flexibility index (Phi) is 8.90. The number of hydrogen-bond acceptors (Lipinski definition) is 5. The van der Waals surface area contributed by atoms with Gasteiger partial charge in [0.25, 0.3) is 5.91 Å². The second-order valence-electron chi connectivity index (χ2n) is 6.45. The summed E-state index contributed by atoms with van der Waals surface area (Å²) in [5.41, 5.74) is 2.07. The van der Waals surface area contributed by atoms with Gasteiger partial charge in [0.1, 0.15) is 6.54 Å². The third-order valence-electron chi connectivity index (χ3n) is 4.17. The van der Waals surface area contributed by atoms with E-state index in [2.05, 4.69) is 16.1 Å². The van der Waals surface area contributed by atoms with Crippen LogP contribution >= 0.6 is 0 Å². The molecule has 1 aliphatic rings. The van der Waals surface area contributed by atoms with Crippen LogP contribution in [0.5, 0.6) is 0 Å². The first-order chi connectivity index (χ1) is 13.4. The van der Waals surface area contributed by atoms with Gasteiger partial charge in [0, 0.05) is 12.0 Å². The van der Waals surface area contributed by atoms with E-state index in [1.54, 1.807) is 24.3 Å². The summed E-state index contributed by atoms with van der Waals surface area (Å²) in [6.45, 7) is -0.472. The highest BCUT2D eigenvalue weighted by Crippen LogP contribution is 2.19. The number of hydrogen-bond donors (Lipinski definition) is 2. The molecule has 0 unspecified atom stereocenters. The minimum Gasteiger partial charge on any atom is -0.455 e. The zero-order valence-corrected chi connectivity index (χ0v) is 16.5. The fourth-order valence-corrected chi connectivity index (χ4v) is 3.43. The lowest BCUT2D eigenvalue weighted by atomic mass is 9.97. The van der Waals surface area contributed by atoms with E-state index < -0.39 is 35.1 Å². The van der Waals surface area contributed by atoms with Crippen LogP contribution in [0.2, 0.25) is 0 Å². The average Bonchev–Trinajstić information content (AvgIpc) is 2.71. The highest BCUT2D eigenvalue weighted by Gasteiger charge is 2.12. The predicted octanol–water partition coefficient (Wildman–Crippen LogP) is 2.13. The zero-order valence-electron chi connectivity index (χ0n) is 15.7. The van der Waals surface area contributed by atoms with Crippen molar-refractivity contribution < 1.29 is 22.7 Å². The van der Waals surface area contributed by atoms with Gasteiger partial charge in [-0.05, 0) is 43.7 Å². The molecule has 0 radical (unpaired) electrons. The molecule has 7 nitrogen and oxygen atoms in total. The summed E-state index contributed by atoms with van der Waals surface area (Å²) in [5.74, 6) is -1.22. The molecule has 152 valence electrons. The van der Waals surface area contributed by atoms with Crippen molar-refractivity contribution in [3.8, 4) is 0 Å². The van der Waals surface area contributed by atoms with E-state index in [-0.39, 0.29) is 0 Å². The molecule has 1 aliphatic carbocycles. The molecule has 0 aliphatic heterocycles. The lowest BCUT2D eigenvalue weighted by molar-refractivity contribution is -0.147. The van der Waals surface area contributed by atoms with Crippen molar-refractivity contribution in [2.75, 3.05) is 19.7 Å². The first kappa shape index (κ1) is 21.8. The normalized spacial score (nSPS) is 14.5. The Balaban J connectivity index is 1.62. The van der Waals surface area contributed by atoms with Gasteiger partial charge in [-0.3, -0.25) is 9.59 Å². The molecule has 0 saturated carbocycles. The number of carbonyl (C=O) groups is 2. The second kappa shape index (κ2) is 11.4. The van der Waals surface area contributed by atoms with E-state index in [4.69, 9.17) is 4.74 Å². The summed E-state index contributed by atoms with van der Waals surface area (Å²) in [6, 6.07) is 8.90. The number of allylic oxidation sites excluding steroid dienone is 1. The predicted molar refractivity (Wildman–Crippen MR) is 108 cm³/mol. The Hall–Kier alpha value is -2.45. The minimum atomic E-state index is -3.78. The van der Waals surface area contributed by atoms with Crippen LogP contribution in [0.3, 0.4) is 0 Å². The highest BCUT2D eigenvalue weighted by atomic mass is 32.2. The number of benzene rings is 1. The Morgan fingerprint density at radius 3 is 2.64 bits per heavy atom. The van der Waals surface area contributed by atoms with Crippen molar-refractivity contribution in [3.63, 3.8) is 0 Å². The first-order valence-corrected chi connectivity index (χ1v) is 10.8. The van der Waals surface area contributed by atoms with Crippen LogP contribution in [0.4, 0.5) is 0 Å². The molecule has 0 bridgehead atoms. The molecule has 1 aromatic carbocycles. The number of amides is 1. The molecule has 0 heterocycles. The van der Waals surface area contributed by atoms with E-state index in [1.807, 2.05) is 6.07 Å². The SMILES string of the molecule is O=C(COC(=O)CNS(=O)(=O)/C=C/c1ccccc1)NCCC1=CCCCC1. The lowest BCUT2D eigenvalue weighted by Gasteiger charge is -2.13. The quantitative estimate of drug-likeness (QED) is 0.458. The van der Waals surface area contributed by atoms with Crippen molar-refractivity contribution in [2.45, 2.75) is 32.1 Å². The molecule has 28 heavy (non-hydrogen) atoms. The topological polar surface area (TPSA) is 102 Å². The fourth-order valence-electron chi connectivity index (χ4n) is 2.68. The molecule has 8 heteroatoms. The number of rotatable bonds is 10. The number of nitrogens with one attached hydrogen (secondary N) is 2. The molecular weight excluding hydrogens is 380 g/mol. The van der Waals surface area contributed by atoms with Gasteiger partial charge in [0.2, 0.25) is 10.0 Å². The van der Waals surface area contributed by atoms with E-state index in [1.165, 1.54) is 24.5 Å². The Morgan fingerprint density at radius 2 is 1.93 bits per heavy atom. The van der Waals surface area contributed by atoms with Crippen molar-refractivity contribution in [3.05, 3.63) is 53.0 Å². The van der Waals surface area contributed by atoms with Gasteiger partial charge in [-0.2, -0.15) is 0 Å². The maximum Gasteiger partial charge on any atom is 0.321 e. The van der Waals surface area contributed by atoms with Gasteiger partial charge < -0.3 is 10.1 Å². The van der Waals surface area contributed by atoms with E-state index in [0.29, 0.717) is 6.54 Å². The molecule has 0 fully saturated rings. The van der Waals surface area contributed by atoms with Crippen molar-refractivity contribution in [2.24, 2.45) is 0 Å². The van der Waals surface area contributed by atoms with Crippen LogP contribution in [0.15, 0.2) is 47.4 Å². The van der Waals surface area contributed by atoms with E-state index in [0.717, 1.165) is 30.2 Å². The first-order valence-electron chi connectivity index (χ1n) is 9.28. The van der Waals surface area contributed by atoms with Crippen LogP contribution in [0, 0.1) is 0 Å². The third kappa shape index (κ3) is 8.96. The molecule has 2 N–H and O–H groups in total. The largest absolute Gasteiger partial charge is 0.455 e. The van der Waals surface area contributed by atoms with Crippen LogP contribution in [0.25, 0.3) is 6.08 Å². The Labute approximate surface area is 165 Å². The fraction of sp³-hybridized carbons (Fsp3) is 0.400. The van der Waals surface area contributed by atoms with Crippen LogP contribution < -0.4 is 10.0 Å². The van der Waals surface area contributed by atoms with Crippen molar-refractivity contribution >= 4 is 28.0 Å². The molecule has 0 spiro atoms. The maximum atomic E-state index is 11.8. The van der Waals surface area contributed by atoms with Gasteiger partial charge in [0.15, 0.2) is 6.61 Å². The van der Waals surface area contributed by atoms with Gasteiger partial charge in [-0.25, -0.2) is 13.1 Å². The Bertz CT molecular complexity index is 816. The van der Waals surface area contributed by atoms with Gasteiger partial charge in [-0.15, -0.1) is 0 Å². The van der Waals surface area contributed by atoms with E-state index in [9.17, 15) is 18.0 Å². The van der Waals surface area contributed by atoms with Crippen molar-refractivity contribution in [1.29, 1.82) is 0 Å². The van der Waals surface area contributed by atoms with Gasteiger partial charge >= 0.3 is 5.97 Å². The summed E-state index contributed by atoms with van der Waals surface area (Å²) in [7, 11) is -3.78. The van der Waals surface area contributed by atoms with Gasteiger partial charge in [0.05, 0.1) is 0 Å². The van der Waals surface area contributed by atoms with Crippen LogP contribution in [0.1, 0.15) is 37.7 Å². The standard InChI is InChI=1S/C20H26N2O5S/c23-19(21-13-11-17-7-3-1-4-8-17)16-27-20(24)15-22-28(25,26)14-12-18-9-5-2-6-10-18/h2,5-7,9-10,12,14,22H,1,3-4,8,11,13,15-16H2,(H,21,23)/b14-12+. The summed E-state index contributed by atoms with van der Waals surface area (Å²) in [5, 5.41) is 3.66. The molecule has 0 atom stereocenters. The van der Waals surface area contributed by atoms with Crippen LogP contribution in [-0.2, 0) is 24.3 Å². The molecule has 0 aromatic heterocycles. The maximum absolute atomic E-state index is 11.8. The Morgan fingerprint density at radius 1 is 1.14 bits per heavy atom. The smallest absolute Gasteiger partial charge is 0.321 e. The number of esters is 1. The molecular formula is C20H26N2O5S. The average molecular weight is 407 g/mol. The molecule has 2 rings (SSSR count). The highest BCUT2D eigenvalue weighted by molar-refractivity contribution is 7.92. The summed E-state index contributed by atoms with van der Waals surface area (Å²) in [4.78, 5) is 23.3. The third-order valence-corrected chi connectivity index (χ3v) is 5.22. The summed E-state index contributed by atoms with van der Waals surface area (Å²) >= 11 is 0. The lowest BCUT2D eigenvalue weighted by Crippen LogP contribution is -2.33. The number of ether oxygens (including phenoxy) is 1. The van der Waals surface area contributed by atoms with Crippen LogP contribution in [-0.4, -0.2) is 40.0 Å². The number of carbonyl (C=O) groups excluding carboxylic acids is 2. The number of sulfonamides is 1. The summed E-state index contributed by atoms with van der Waals surface area (Å²) < 4.78 is 30.6. The monoisotopic (exact) mass is 406 g/mol. The zero-order chi connectivity index (χ0) is 20.2.